The van der Waals surface area contributed by atoms with E-state index in [1.165, 1.54) is 32.1 Å². The molecule has 0 heterocycles. The lowest BCUT2D eigenvalue weighted by atomic mass is 9.81. The molecule has 3 nitrogen and oxygen atoms in total. The number of carbonyl (C=O) groups is 1. The van der Waals surface area contributed by atoms with Gasteiger partial charge in [0.2, 0.25) is 5.91 Å². The van der Waals surface area contributed by atoms with E-state index >= 15 is 0 Å². The van der Waals surface area contributed by atoms with Gasteiger partial charge in [-0.1, -0.05) is 26.2 Å². The minimum absolute atomic E-state index is 0.0162. The number of rotatable bonds is 5. The maximum Gasteiger partial charge on any atom is 0.246 e. The van der Waals surface area contributed by atoms with Crippen molar-refractivity contribution >= 4 is 5.91 Å². The van der Waals surface area contributed by atoms with Gasteiger partial charge in [-0.2, -0.15) is 0 Å². The van der Waals surface area contributed by atoms with Crippen LogP contribution in [0.15, 0.2) is 0 Å². The molecule has 3 heteroatoms. The minimum atomic E-state index is -0.240. The molecule has 1 fully saturated rings. The standard InChI is InChI=1S/C15H29NO2/c1-5-12-6-8-13(9-7-12)10-16-14(17)11-18-15(2,3)4/h12-13H,5-11H2,1-4H3,(H,16,17). The number of carbonyl (C=O) groups excluding carboxylic acids is 1. The molecule has 1 rings (SSSR count). The Balaban J connectivity index is 2.12. The van der Waals surface area contributed by atoms with Gasteiger partial charge in [0.25, 0.3) is 0 Å². The average molecular weight is 255 g/mol. The van der Waals surface area contributed by atoms with Crippen LogP contribution in [0.4, 0.5) is 0 Å². The van der Waals surface area contributed by atoms with Crippen LogP contribution >= 0.6 is 0 Å². The molecule has 0 spiro atoms. The Morgan fingerprint density at radius 3 is 2.22 bits per heavy atom. The Labute approximate surface area is 112 Å². The fraction of sp³-hybridized carbons (Fsp3) is 0.933. The Hall–Kier alpha value is -0.570. The highest BCUT2D eigenvalue weighted by atomic mass is 16.5. The smallest absolute Gasteiger partial charge is 0.246 e. The molecule has 1 amide bonds. The van der Waals surface area contributed by atoms with Crippen molar-refractivity contribution in [2.24, 2.45) is 11.8 Å². The van der Waals surface area contributed by atoms with E-state index in [0.717, 1.165) is 12.5 Å². The van der Waals surface area contributed by atoms with Crippen molar-refractivity contribution in [3.8, 4) is 0 Å². The number of hydrogen-bond donors (Lipinski definition) is 1. The molecule has 1 N–H and O–H groups in total. The van der Waals surface area contributed by atoms with Crippen molar-refractivity contribution in [3.63, 3.8) is 0 Å². The third kappa shape index (κ3) is 6.39. The molecule has 1 saturated carbocycles. The minimum Gasteiger partial charge on any atom is -0.366 e. The fourth-order valence-electron chi connectivity index (χ4n) is 2.44. The predicted molar refractivity (Wildman–Crippen MR) is 74.5 cm³/mol. The topological polar surface area (TPSA) is 38.3 Å². The summed E-state index contributed by atoms with van der Waals surface area (Å²) in [6.07, 6.45) is 6.49. The molecule has 0 aromatic rings. The monoisotopic (exact) mass is 255 g/mol. The van der Waals surface area contributed by atoms with Gasteiger partial charge in [0, 0.05) is 6.54 Å². The van der Waals surface area contributed by atoms with Crippen LogP contribution in [0.2, 0.25) is 0 Å². The molecule has 0 radical (unpaired) electrons. The molecule has 0 aromatic heterocycles. The Morgan fingerprint density at radius 2 is 1.72 bits per heavy atom. The van der Waals surface area contributed by atoms with Crippen molar-refractivity contribution in [1.29, 1.82) is 0 Å². The highest BCUT2D eigenvalue weighted by Crippen LogP contribution is 2.29. The summed E-state index contributed by atoms with van der Waals surface area (Å²) in [4.78, 5) is 11.6. The summed E-state index contributed by atoms with van der Waals surface area (Å²) >= 11 is 0. The van der Waals surface area contributed by atoms with Gasteiger partial charge < -0.3 is 10.1 Å². The summed E-state index contributed by atoms with van der Waals surface area (Å²) in [5.74, 6) is 1.61. The zero-order valence-electron chi connectivity index (χ0n) is 12.4. The molecule has 0 atom stereocenters. The quantitative estimate of drug-likeness (QED) is 0.819. The van der Waals surface area contributed by atoms with Gasteiger partial charge in [0.05, 0.1) is 5.60 Å². The van der Waals surface area contributed by atoms with E-state index < -0.39 is 0 Å². The Bertz CT molecular complexity index is 250. The molecule has 0 unspecified atom stereocenters. The highest BCUT2D eigenvalue weighted by molar-refractivity contribution is 5.77. The maximum atomic E-state index is 11.6. The molecule has 0 aromatic carbocycles. The maximum absolute atomic E-state index is 11.6. The number of hydrogen-bond acceptors (Lipinski definition) is 2. The molecule has 0 aliphatic heterocycles. The van der Waals surface area contributed by atoms with Crippen LogP contribution in [0.25, 0.3) is 0 Å². The zero-order valence-corrected chi connectivity index (χ0v) is 12.4. The van der Waals surface area contributed by atoms with Crippen molar-refractivity contribution in [3.05, 3.63) is 0 Å². The van der Waals surface area contributed by atoms with Crippen molar-refractivity contribution < 1.29 is 9.53 Å². The summed E-state index contributed by atoms with van der Waals surface area (Å²) in [6.45, 7) is 9.16. The average Bonchev–Trinajstić information content (AvgIpc) is 2.33. The lowest BCUT2D eigenvalue weighted by Crippen LogP contribution is -2.35. The van der Waals surface area contributed by atoms with E-state index in [1.807, 2.05) is 20.8 Å². The van der Waals surface area contributed by atoms with Gasteiger partial charge >= 0.3 is 0 Å². The van der Waals surface area contributed by atoms with E-state index in [9.17, 15) is 4.79 Å². The lowest BCUT2D eigenvalue weighted by Gasteiger charge is -2.28. The van der Waals surface area contributed by atoms with Gasteiger partial charge in [-0.15, -0.1) is 0 Å². The third-order valence-corrected chi connectivity index (χ3v) is 3.77. The molecular weight excluding hydrogens is 226 g/mol. The lowest BCUT2D eigenvalue weighted by molar-refractivity contribution is -0.130. The number of nitrogens with one attached hydrogen (secondary N) is 1. The van der Waals surface area contributed by atoms with E-state index in [1.54, 1.807) is 0 Å². The van der Waals surface area contributed by atoms with Crippen molar-refractivity contribution in [2.75, 3.05) is 13.2 Å². The molecule has 18 heavy (non-hydrogen) atoms. The van der Waals surface area contributed by atoms with Crippen LogP contribution in [0.5, 0.6) is 0 Å². The first-order chi connectivity index (χ1) is 8.40. The third-order valence-electron chi connectivity index (χ3n) is 3.77. The first-order valence-corrected chi connectivity index (χ1v) is 7.31. The predicted octanol–water partition coefficient (Wildman–Crippen LogP) is 3.13. The van der Waals surface area contributed by atoms with Crippen LogP contribution in [0.3, 0.4) is 0 Å². The second-order valence-corrected chi connectivity index (χ2v) is 6.50. The van der Waals surface area contributed by atoms with Crippen LogP contribution in [-0.2, 0) is 9.53 Å². The summed E-state index contributed by atoms with van der Waals surface area (Å²) in [6, 6.07) is 0. The van der Waals surface area contributed by atoms with Crippen LogP contribution in [0, 0.1) is 11.8 Å². The van der Waals surface area contributed by atoms with Crippen molar-refractivity contribution in [2.45, 2.75) is 65.4 Å². The molecule has 0 bridgehead atoms. The van der Waals surface area contributed by atoms with Gasteiger partial charge in [0.1, 0.15) is 6.61 Å². The van der Waals surface area contributed by atoms with Crippen LogP contribution < -0.4 is 5.32 Å². The normalized spacial score (nSPS) is 24.9. The Morgan fingerprint density at radius 1 is 1.17 bits per heavy atom. The summed E-state index contributed by atoms with van der Waals surface area (Å²) in [5, 5.41) is 2.99. The largest absolute Gasteiger partial charge is 0.366 e. The van der Waals surface area contributed by atoms with Crippen molar-refractivity contribution in [1.82, 2.24) is 5.32 Å². The molecule has 1 aliphatic carbocycles. The van der Waals surface area contributed by atoms with Gasteiger partial charge in [-0.05, 0) is 45.4 Å². The highest BCUT2D eigenvalue weighted by Gasteiger charge is 2.20. The fourth-order valence-corrected chi connectivity index (χ4v) is 2.44. The Kier molecular flexibility index (Phi) is 6.13. The summed E-state index contributed by atoms with van der Waals surface area (Å²) in [7, 11) is 0. The summed E-state index contributed by atoms with van der Waals surface area (Å²) < 4.78 is 5.45. The second kappa shape index (κ2) is 7.13. The van der Waals surface area contributed by atoms with E-state index in [-0.39, 0.29) is 18.1 Å². The van der Waals surface area contributed by atoms with Crippen LogP contribution in [0.1, 0.15) is 59.8 Å². The van der Waals surface area contributed by atoms with E-state index in [4.69, 9.17) is 4.74 Å². The first kappa shape index (κ1) is 15.5. The summed E-state index contributed by atoms with van der Waals surface area (Å²) in [5.41, 5.74) is -0.240. The molecular formula is C15H29NO2. The van der Waals surface area contributed by atoms with Gasteiger partial charge in [0.15, 0.2) is 0 Å². The number of amides is 1. The first-order valence-electron chi connectivity index (χ1n) is 7.31. The van der Waals surface area contributed by atoms with Gasteiger partial charge in [-0.3, -0.25) is 4.79 Å². The number of ether oxygens (including phenoxy) is 1. The molecule has 1 aliphatic rings. The van der Waals surface area contributed by atoms with Gasteiger partial charge in [-0.25, -0.2) is 0 Å². The molecule has 0 saturated heterocycles. The van der Waals surface area contributed by atoms with E-state index in [0.29, 0.717) is 5.92 Å². The van der Waals surface area contributed by atoms with Crippen LogP contribution in [-0.4, -0.2) is 24.7 Å². The van der Waals surface area contributed by atoms with E-state index in [2.05, 4.69) is 12.2 Å². The zero-order chi connectivity index (χ0) is 13.6. The second-order valence-electron chi connectivity index (χ2n) is 6.50. The molecule has 106 valence electrons. The SMILES string of the molecule is CCC1CCC(CNC(=O)COC(C)(C)C)CC1.